The van der Waals surface area contributed by atoms with Gasteiger partial charge < -0.3 is 10.00 Å². The maximum absolute atomic E-state index is 5.68. The predicted molar refractivity (Wildman–Crippen MR) is 82.6 cm³/mol. The Kier molecular flexibility index (Phi) is 8.39. The van der Waals surface area contributed by atoms with E-state index in [-0.39, 0.29) is 11.4 Å². The first-order valence-electron chi connectivity index (χ1n) is 6.34. The Balaban J connectivity index is 0.00000361. The van der Waals surface area contributed by atoms with Crippen molar-refractivity contribution in [2.24, 2.45) is 0 Å². The Labute approximate surface area is 125 Å². The third-order valence-electron chi connectivity index (χ3n) is 2.14. The van der Waals surface area contributed by atoms with E-state index in [0.29, 0.717) is 19.1 Å². The average molecular weight is 322 g/mol. The summed E-state index contributed by atoms with van der Waals surface area (Å²) >= 11 is 5.32. The van der Waals surface area contributed by atoms with Crippen LogP contribution in [0.3, 0.4) is 0 Å². The summed E-state index contributed by atoms with van der Waals surface area (Å²) in [6, 6.07) is 1.74. The van der Waals surface area contributed by atoms with Crippen LogP contribution in [-0.4, -0.2) is 28.7 Å². The zero-order valence-corrected chi connectivity index (χ0v) is 14.3. The molecule has 1 aromatic rings. The van der Waals surface area contributed by atoms with Crippen LogP contribution in [0.1, 0.15) is 45.1 Å². The van der Waals surface area contributed by atoms with Crippen molar-refractivity contribution in [3.05, 3.63) is 17.6 Å². The third kappa shape index (κ3) is 5.81. The summed E-state index contributed by atoms with van der Waals surface area (Å²) < 4.78 is 16.6. The first kappa shape index (κ1) is 19.4. The van der Waals surface area contributed by atoms with Crippen LogP contribution >= 0.6 is 6.72 Å². The van der Waals surface area contributed by atoms with Crippen LogP contribution in [0.5, 0.6) is 5.88 Å². The van der Waals surface area contributed by atoms with Gasteiger partial charge in [-0.1, -0.05) is 13.8 Å². The van der Waals surface area contributed by atoms with Crippen LogP contribution < -0.4 is 4.52 Å². The molecule has 0 radical (unpaired) electrons. The maximum Gasteiger partial charge on any atom is 0.381 e. The molecular formula is C12H23N2O4PS. The SMILES string of the molecule is CCOP(=S)(OCC)Oc1cc(C)nc(C(C)C)n1.O. The molecular weight excluding hydrogens is 299 g/mol. The van der Waals surface area contributed by atoms with Crippen molar-refractivity contribution in [2.45, 2.75) is 40.5 Å². The van der Waals surface area contributed by atoms with Gasteiger partial charge in [0, 0.05) is 29.5 Å². The van der Waals surface area contributed by atoms with Gasteiger partial charge in [-0.2, -0.15) is 4.98 Å². The van der Waals surface area contributed by atoms with Crippen molar-refractivity contribution >= 4 is 18.5 Å². The Hall–Kier alpha value is -0.590. The molecule has 2 N–H and O–H groups in total. The highest BCUT2D eigenvalue weighted by molar-refractivity contribution is 8.07. The summed E-state index contributed by atoms with van der Waals surface area (Å²) in [5.41, 5.74) is 0.836. The number of aryl methyl sites for hydroxylation is 1. The van der Waals surface area contributed by atoms with Gasteiger partial charge in [0.25, 0.3) is 0 Å². The van der Waals surface area contributed by atoms with E-state index in [4.69, 9.17) is 25.4 Å². The fourth-order valence-corrected chi connectivity index (χ4v) is 3.38. The normalized spacial score (nSPS) is 11.3. The average Bonchev–Trinajstić information content (AvgIpc) is 2.28. The van der Waals surface area contributed by atoms with Gasteiger partial charge in [-0.3, -0.25) is 9.05 Å². The lowest BCUT2D eigenvalue weighted by molar-refractivity contribution is 0.215. The summed E-state index contributed by atoms with van der Waals surface area (Å²) in [7, 11) is 0. The number of aromatic nitrogens is 2. The molecule has 0 aliphatic rings. The summed E-state index contributed by atoms with van der Waals surface area (Å²) in [4.78, 5) is 8.71. The minimum atomic E-state index is -2.77. The van der Waals surface area contributed by atoms with Crippen molar-refractivity contribution in [1.29, 1.82) is 0 Å². The van der Waals surface area contributed by atoms with Gasteiger partial charge >= 0.3 is 6.72 Å². The molecule has 0 spiro atoms. The van der Waals surface area contributed by atoms with E-state index in [1.165, 1.54) is 0 Å². The quantitative estimate of drug-likeness (QED) is 0.718. The molecule has 0 aliphatic carbocycles. The standard InChI is InChI=1S/C12H21N2O3PS.H2O/c1-6-15-18(19,16-7-2)17-11-8-10(5)13-12(14-11)9(3)4;/h8-9H,6-7H2,1-5H3;1H2. The third-order valence-corrected chi connectivity index (χ3v) is 4.56. The van der Waals surface area contributed by atoms with Crippen LogP contribution in [0.25, 0.3) is 0 Å². The van der Waals surface area contributed by atoms with E-state index >= 15 is 0 Å². The monoisotopic (exact) mass is 322 g/mol. The second kappa shape index (κ2) is 8.64. The van der Waals surface area contributed by atoms with Gasteiger partial charge in [-0.15, -0.1) is 0 Å². The van der Waals surface area contributed by atoms with E-state index in [1.54, 1.807) is 6.07 Å². The molecule has 0 unspecified atom stereocenters. The minimum Gasteiger partial charge on any atom is -0.412 e. The van der Waals surface area contributed by atoms with E-state index in [2.05, 4.69) is 9.97 Å². The summed E-state index contributed by atoms with van der Waals surface area (Å²) in [6.45, 7) is 7.78. The molecule has 1 heterocycles. The van der Waals surface area contributed by atoms with E-state index in [9.17, 15) is 0 Å². The van der Waals surface area contributed by atoms with Crippen molar-refractivity contribution in [1.82, 2.24) is 9.97 Å². The van der Waals surface area contributed by atoms with Gasteiger partial charge in [0.2, 0.25) is 5.88 Å². The smallest absolute Gasteiger partial charge is 0.381 e. The maximum atomic E-state index is 5.68. The van der Waals surface area contributed by atoms with Crippen LogP contribution in [0, 0.1) is 6.92 Å². The number of hydrogen-bond acceptors (Lipinski definition) is 6. The first-order chi connectivity index (χ1) is 8.90. The van der Waals surface area contributed by atoms with Gasteiger partial charge in [-0.05, 0) is 20.8 Å². The van der Waals surface area contributed by atoms with Gasteiger partial charge in [0.1, 0.15) is 5.82 Å². The lowest BCUT2D eigenvalue weighted by atomic mass is 10.2. The second-order valence-corrected chi connectivity index (χ2v) is 7.17. The molecule has 6 nitrogen and oxygen atoms in total. The molecule has 0 atom stereocenters. The molecule has 1 aromatic heterocycles. The molecule has 0 bridgehead atoms. The van der Waals surface area contributed by atoms with Crippen LogP contribution in [0.2, 0.25) is 0 Å². The number of rotatable bonds is 7. The summed E-state index contributed by atoms with van der Waals surface area (Å²) in [5, 5.41) is 0. The minimum absolute atomic E-state index is 0. The Morgan fingerprint density at radius 2 is 1.75 bits per heavy atom. The van der Waals surface area contributed by atoms with Gasteiger partial charge in [0.15, 0.2) is 0 Å². The fraction of sp³-hybridized carbons (Fsp3) is 0.667. The molecule has 0 fully saturated rings. The Morgan fingerprint density at radius 1 is 1.20 bits per heavy atom. The van der Waals surface area contributed by atoms with E-state index in [1.807, 2.05) is 34.6 Å². The van der Waals surface area contributed by atoms with Gasteiger partial charge in [-0.25, -0.2) is 4.98 Å². The largest absolute Gasteiger partial charge is 0.412 e. The highest BCUT2D eigenvalue weighted by Crippen LogP contribution is 2.49. The molecule has 116 valence electrons. The zero-order chi connectivity index (χ0) is 14.5. The number of hydrogen-bond donors (Lipinski definition) is 0. The molecule has 8 heteroatoms. The summed E-state index contributed by atoms with van der Waals surface area (Å²) in [5.74, 6) is 1.37. The van der Waals surface area contributed by atoms with Crippen LogP contribution in [-0.2, 0) is 20.9 Å². The second-order valence-electron chi connectivity index (χ2n) is 4.23. The van der Waals surface area contributed by atoms with E-state index < -0.39 is 6.72 Å². The molecule has 0 saturated heterocycles. The molecule has 0 saturated carbocycles. The van der Waals surface area contributed by atoms with Crippen molar-refractivity contribution < 1.29 is 19.0 Å². The molecule has 0 amide bonds. The first-order valence-corrected chi connectivity index (χ1v) is 8.90. The molecule has 1 rings (SSSR count). The Morgan fingerprint density at radius 3 is 2.20 bits per heavy atom. The zero-order valence-electron chi connectivity index (χ0n) is 12.5. The topological polar surface area (TPSA) is 85.0 Å². The van der Waals surface area contributed by atoms with Crippen LogP contribution in [0.4, 0.5) is 0 Å². The van der Waals surface area contributed by atoms with Gasteiger partial charge in [0.05, 0.1) is 13.2 Å². The van der Waals surface area contributed by atoms with Crippen molar-refractivity contribution in [3.63, 3.8) is 0 Å². The molecule has 0 aliphatic heterocycles. The lowest BCUT2D eigenvalue weighted by Gasteiger charge is -2.20. The summed E-state index contributed by atoms with van der Waals surface area (Å²) in [6.07, 6.45) is 0. The van der Waals surface area contributed by atoms with Crippen LogP contribution in [0.15, 0.2) is 6.07 Å². The lowest BCUT2D eigenvalue weighted by Crippen LogP contribution is -2.06. The number of nitrogens with zero attached hydrogens (tertiary/aromatic N) is 2. The molecule has 20 heavy (non-hydrogen) atoms. The Bertz CT molecular complexity index is 461. The fourth-order valence-electron chi connectivity index (χ4n) is 1.39. The van der Waals surface area contributed by atoms with E-state index in [0.717, 1.165) is 11.5 Å². The van der Waals surface area contributed by atoms with Crippen molar-refractivity contribution in [2.75, 3.05) is 13.2 Å². The highest BCUT2D eigenvalue weighted by Gasteiger charge is 2.22. The molecule has 0 aromatic carbocycles. The predicted octanol–water partition coefficient (Wildman–Crippen LogP) is 2.76. The highest BCUT2D eigenvalue weighted by atomic mass is 32.5. The van der Waals surface area contributed by atoms with Crippen molar-refractivity contribution in [3.8, 4) is 5.88 Å².